The van der Waals surface area contributed by atoms with E-state index in [0.717, 1.165) is 38.5 Å². The maximum atomic E-state index is 14.3. The highest BCUT2D eigenvalue weighted by Gasteiger charge is 2.69. The summed E-state index contributed by atoms with van der Waals surface area (Å²) in [5, 5.41) is 13.6. The monoisotopic (exact) mass is 476 g/mol. The van der Waals surface area contributed by atoms with Crippen LogP contribution in [0.4, 0.5) is 0 Å². The highest BCUT2D eigenvalue weighted by molar-refractivity contribution is 6.04. The number of nitriles is 1. The van der Waals surface area contributed by atoms with Gasteiger partial charge >= 0.3 is 0 Å². The zero-order valence-corrected chi connectivity index (χ0v) is 23.1. The molecule has 190 valence electrons. The van der Waals surface area contributed by atoms with Crippen LogP contribution in [0.25, 0.3) is 0 Å². The largest absolute Gasteiger partial charge is 0.314 e. The maximum absolute atomic E-state index is 14.3. The molecular weight excluding hydrogens is 432 g/mol. The smallest absolute Gasteiger partial charge is 0.178 e. The van der Waals surface area contributed by atoms with E-state index in [-0.39, 0.29) is 50.8 Å². The second-order valence-corrected chi connectivity index (χ2v) is 14.7. The van der Waals surface area contributed by atoms with Crippen molar-refractivity contribution in [1.29, 1.82) is 5.26 Å². The normalized spacial score (nSPS) is 47.8. The van der Waals surface area contributed by atoms with Crippen LogP contribution >= 0.6 is 0 Å². The molecule has 35 heavy (non-hydrogen) atoms. The maximum Gasteiger partial charge on any atom is 0.178 e. The third-order valence-electron chi connectivity index (χ3n) is 12.4. The van der Waals surface area contributed by atoms with Crippen LogP contribution in [0.5, 0.6) is 0 Å². The van der Waals surface area contributed by atoms with Gasteiger partial charge in [0.25, 0.3) is 0 Å². The molecule has 3 fully saturated rings. The number of ketones is 2. The van der Waals surface area contributed by atoms with Crippen molar-refractivity contribution in [3.8, 4) is 6.07 Å². The highest BCUT2D eigenvalue weighted by Crippen LogP contribution is 2.73. The number of carbonyl (C=O) groups excluding carboxylic acids is 2. The zero-order chi connectivity index (χ0) is 25.8. The Morgan fingerprint density at radius 3 is 2.26 bits per heavy atom. The third kappa shape index (κ3) is 2.94. The van der Waals surface area contributed by atoms with E-state index in [1.54, 1.807) is 0 Å². The minimum atomic E-state index is -0.612. The lowest BCUT2D eigenvalue weighted by molar-refractivity contribution is -0.161. The fourth-order valence-corrected chi connectivity index (χ4v) is 10.1. The lowest BCUT2D eigenvalue weighted by Gasteiger charge is -2.69. The van der Waals surface area contributed by atoms with Crippen LogP contribution in [-0.4, -0.2) is 24.2 Å². The van der Waals surface area contributed by atoms with Crippen molar-refractivity contribution >= 4 is 11.6 Å². The predicted molar refractivity (Wildman–Crippen MR) is 138 cm³/mol. The summed E-state index contributed by atoms with van der Waals surface area (Å²) < 4.78 is 0. The molecule has 5 aliphatic carbocycles. The number of rotatable bonds is 1. The quantitative estimate of drug-likeness (QED) is 0.491. The summed E-state index contributed by atoms with van der Waals surface area (Å²) in [7, 11) is 2.10. The van der Waals surface area contributed by atoms with Crippen molar-refractivity contribution in [3.63, 3.8) is 0 Å². The van der Waals surface area contributed by atoms with E-state index < -0.39 is 10.8 Å². The molecule has 0 aromatic heterocycles. The van der Waals surface area contributed by atoms with Crippen LogP contribution < -0.4 is 5.32 Å². The molecule has 0 bridgehead atoms. The lowest BCUT2D eigenvalue weighted by Crippen LogP contribution is -2.68. The Bertz CT molecular complexity index is 1110. The average Bonchev–Trinajstić information content (AvgIpc) is 2.77. The zero-order valence-electron chi connectivity index (χ0n) is 23.1. The van der Waals surface area contributed by atoms with Crippen molar-refractivity contribution in [2.24, 2.45) is 44.8 Å². The van der Waals surface area contributed by atoms with Crippen molar-refractivity contribution in [2.75, 3.05) is 7.05 Å². The van der Waals surface area contributed by atoms with Crippen molar-refractivity contribution in [3.05, 3.63) is 23.3 Å². The Morgan fingerprint density at radius 1 is 0.971 bits per heavy atom. The highest BCUT2D eigenvalue weighted by atomic mass is 16.1. The molecule has 4 nitrogen and oxygen atoms in total. The molecule has 4 heteroatoms. The molecule has 2 unspecified atom stereocenters. The summed E-state index contributed by atoms with van der Waals surface area (Å²) in [5.74, 6) is 0.678. The van der Waals surface area contributed by atoms with E-state index in [1.807, 2.05) is 26.0 Å². The molecule has 3 saturated carbocycles. The van der Waals surface area contributed by atoms with Gasteiger partial charge in [0, 0.05) is 22.3 Å². The van der Waals surface area contributed by atoms with Gasteiger partial charge < -0.3 is 5.32 Å². The van der Waals surface area contributed by atoms with E-state index in [4.69, 9.17) is 0 Å². The van der Waals surface area contributed by atoms with E-state index in [2.05, 4.69) is 53.1 Å². The summed E-state index contributed by atoms with van der Waals surface area (Å²) in [4.78, 5) is 27.5. The molecule has 0 spiro atoms. The molecule has 0 aromatic carbocycles. The van der Waals surface area contributed by atoms with Crippen LogP contribution in [0.1, 0.15) is 93.4 Å². The molecule has 7 atom stereocenters. The fourth-order valence-electron chi connectivity index (χ4n) is 10.1. The van der Waals surface area contributed by atoms with Gasteiger partial charge in [-0.2, -0.15) is 5.26 Å². The molecule has 0 heterocycles. The molecule has 5 rings (SSSR count). The molecule has 0 aliphatic heterocycles. The van der Waals surface area contributed by atoms with E-state index in [1.165, 1.54) is 12.0 Å². The first-order chi connectivity index (χ1) is 16.1. The van der Waals surface area contributed by atoms with Crippen LogP contribution in [-0.2, 0) is 9.59 Å². The molecule has 1 N–H and O–H groups in total. The number of carbonyl (C=O) groups is 2. The number of hydrogen-bond acceptors (Lipinski definition) is 4. The van der Waals surface area contributed by atoms with E-state index in [0.29, 0.717) is 5.92 Å². The standard InChI is InChI=1S/C31H44N2O2/c1-26(2)11-13-31(33-8)14-12-30(7)24(20(31)17-26)21(34)15-23-28(5)16-19(18-32)25(35)27(3,4)22(28)9-10-29(23,30)6/h15-16,20,22,24,33H,9-14,17H2,1-8H3/t20?,22-,24?,28-,29+,30+,31-/m0/s1. The van der Waals surface area contributed by atoms with Crippen LogP contribution in [0.2, 0.25) is 0 Å². The molecule has 0 aromatic rings. The number of fused-ring (bicyclic) bond motifs is 7. The first kappa shape index (κ1) is 24.9. The van der Waals surface area contributed by atoms with Crippen LogP contribution in [0.3, 0.4) is 0 Å². The molecule has 5 aliphatic rings. The Kier molecular flexibility index (Phi) is 5.12. The first-order valence-corrected chi connectivity index (χ1v) is 13.8. The Labute approximate surface area is 212 Å². The topological polar surface area (TPSA) is 70.0 Å². The second-order valence-electron chi connectivity index (χ2n) is 14.7. The SMILES string of the molecule is CN[C@]12CCC(C)(C)CC1C1C(=O)C=C3[C@@]4(C)C=C(C#N)C(=O)C(C)(C)[C@@H]4CC[C@@]3(C)[C@]1(C)CC2. The van der Waals surface area contributed by atoms with Gasteiger partial charge in [0.1, 0.15) is 6.07 Å². The number of nitrogens with one attached hydrogen (secondary N) is 1. The minimum Gasteiger partial charge on any atom is -0.314 e. The van der Waals surface area contributed by atoms with Crippen molar-refractivity contribution < 1.29 is 9.59 Å². The number of allylic oxidation sites excluding steroid dienone is 4. The molecule has 0 saturated heterocycles. The van der Waals surface area contributed by atoms with Crippen molar-refractivity contribution in [2.45, 2.75) is 99.0 Å². The van der Waals surface area contributed by atoms with Gasteiger partial charge in [-0.15, -0.1) is 0 Å². The summed E-state index contributed by atoms with van der Waals surface area (Å²) >= 11 is 0. The fraction of sp³-hybridized carbons (Fsp3) is 0.774. The Balaban J connectivity index is 1.70. The molecular formula is C31H44N2O2. The number of Topliss-reactive ketones (excluding diaryl/α,β-unsaturated/α-hetero) is 1. The number of hydrogen-bond donors (Lipinski definition) is 1. The third-order valence-corrected chi connectivity index (χ3v) is 12.4. The average molecular weight is 477 g/mol. The molecule has 0 amide bonds. The van der Waals surface area contributed by atoms with Gasteiger partial charge in [0.05, 0.1) is 5.57 Å². The van der Waals surface area contributed by atoms with Gasteiger partial charge in [0.2, 0.25) is 0 Å². The van der Waals surface area contributed by atoms with Gasteiger partial charge in [-0.1, -0.05) is 60.1 Å². The van der Waals surface area contributed by atoms with Gasteiger partial charge in [-0.25, -0.2) is 0 Å². The second kappa shape index (κ2) is 7.18. The summed E-state index contributed by atoms with van der Waals surface area (Å²) in [6, 6.07) is 2.20. The molecule has 0 radical (unpaired) electrons. The van der Waals surface area contributed by atoms with E-state index in [9.17, 15) is 14.9 Å². The summed E-state index contributed by atoms with van der Waals surface area (Å²) in [5.41, 5.74) is 0.414. The van der Waals surface area contributed by atoms with Gasteiger partial charge in [0.15, 0.2) is 11.6 Å². The Morgan fingerprint density at radius 2 is 1.63 bits per heavy atom. The lowest BCUT2D eigenvalue weighted by atomic mass is 9.35. The van der Waals surface area contributed by atoms with Crippen LogP contribution in [0.15, 0.2) is 23.3 Å². The van der Waals surface area contributed by atoms with Crippen LogP contribution in [0, 0.1) is 56.2 Å². The van der Waals surface area contributed by atoms with Gasteiger partial charge in [-0.05, 0) is 86.2 Å². The minimum absolute atomic E-state index is 0.00910. The summed E-state index contributed by atoms with van der Waals surface area (Å²) in [6.07, 6.45) is 11.4. The predicted octanol–water partition coefficient (Wildman–Crippen LogP) is 6.18. The van der Waals surface area contributed by atoms with Crippen molar-refractivity contribution in [1.82, 2.24) is 5.32 Å². The first-order valence-electron chi connectivity index (χ1n) is 13.8. The number of nitrogens with zero attached hydrogens (tertiary/aromatic N) is 1. The Hall–Kier alpha value is -1.73. The van der Waals surface area contributed by atoms with E-state index >= 15 is 0 Å². The van der Waals surface area contributed by atoms with Gasteiger partial charge in [-0.3, -0.25) is 9.59 Å². The summed E-state index contributed by atoms with van der Waals surface area (Å²) in [6.45, 7) is 15.8.